The molecule has 0 radical (unpaired) electrons. The SMILES string of the molecule is CC(C)(C)c1cc(-c2ccccc2)c(N2c3cc(-n4c5ccc(C(C)(C)C)cc5c5cc(C(C)(C)C)ccc54)ccc3B3c4ccc([Si](c5ccccc5)(c5ccccc5)c5ccccc5)cc4N(c4c(-c5ccccc5)cc(C(C)(C)C)cc4-c4ccccc4)c4cc(C(C)(C)C)cc2c43)c(-c2ccccc2)c1. The molecule has 5 heteroatoms. The van der Waals surface area contributed by atoms with Gasteiger partial charge in [-0.15, -0.1) is 0 Å². The van der Waals surface area contributed by atoms with Gasteiger partial charge < -0.3 is 14.4 Å². The van der Waals surface area contributed by atoms with Gasteiger partial charge in [0, 0.05) is 61.5 Å². The highest BCUT2D eigenvalue weighted by Crippen LogP contribution is 2.55. The molecule has 0 atom stereocenters. The summed E-state index contributed by atoms with van der Waals surface area (Å²) in [4.78, 5) is 5.55. The third-order valence-corrected chi connectivity index (χ3v) is 28.2. The smallest absolute Gasteiger partial charge is 0.252 e. The molecule has 1 aromatic heterocycles. The Labute approximate surface area is 648 Å². The van der Waals surface area contributed by atoms with Crippen LogP contribution in [-0.4, -0.2) is 19.4 Å². The number of fused-ring (bicyclic) bond motifs is 7. The van der Waals surface area contributed by atoms with Crippen LogP contribution in [0.5, 0.6) is 0 Å². The molecular formula is C104H98BN3Si. The third kappa shape index (κ3) is 12.2. The fraction of sp³-hybridized carbons (Fsp3) is 0.192. The zero-order chi connectivity index (χ0) is 75.7. The van der Waals surface area contributed by atoms with Crippen LogP contribution < -0.4 is 46.9 Å². The van der Waals surface area contributed by atoms with Crippen molar-refractivity contribution >= 4 is 108 Å². The Balaban J connectivity index is 1.08. The molecule has 17 rings (SSSR count). The van der Waals surface area contributed by atoms with Gasteiger partial charge in [-0.2, -0.15) is 0 Å². The van der Waals surface area contributed by atoms with Crippen LogP contribution >= 0.6 is 0 Å². The Hall–Kier alpha value is -11.2. The molecule has 0 spiro atoms. The van der Waals surface area contributed by atoms with Crippen LogP contribution in [0.1, 0.15) is 132 Å². The molecule has 2 aliphatic rings. The molecule has 3 nitrogen and oxygen atoms in total. The molecule has 2 aliphatic heterocycles. The van der Waals surface area contributed by atoms with Crippen molar-refractivity contribution in [1.82, 2.24) is 4.57 Å². The molecule has 0 bridgehead atoms. The Morgan fingerprint density at radius 2 is 0.550 bits per heavy atom. The highest BCUT2D eigenvalue weighted by Gasteiger charge is 2.49. The molecule has 15 aromatic rings. The van der Waals surface area contributed by atoms with E-state index in [1.165, 1.54) is 120 Å². The van der Waals surface area contributed by atoms with Crippen LogP contribution in [-0.2, 0) is 27.1 Å². The second-order valence-electron chi connectivity index (χ2n) is 35.8. The highest BCUT2D eigenvalue weighted by atomic mass is 28.3. The molecule has 0 fully saturated rings. The van der Waals surface area contributed by atoms with E-state index in [1.807, 2.05) is 0 Å². The van der Waals surface area contributed by atoms with Gasteiger partial charge in [-0.3, -0.25) is 0 Å². The molecule has 0 N–H and O–H groups in total. The van der Waals surface area contributed by atoms with Gasteiger partial charge in [0.15, 0.2) is 8.07 Å². The number of anilines is 6. The van der Waals surface area contributed by atoms with Gasteiger partial charge >= 0.3 is 0 Å². The predicted octanol–water partition coefficient (Wildman–Crippen LogP) is 23.4. The maximum Gasteiger partial charge on any atom is 0.252 e. The molecule has 0 saturated heterocycles. The molecule has 109 heavy (non-hydrogen) atoms. The number of benzene rings is 14. The van der Waals surface area contributed by atoms with Crippen molar-refractivity contribution in [1.29, 1.82) is 0 Å². The summed E-state index contributed by atoms with van der Waals surface area (Å²) in [6.45, 7) is 35.2. The van der Waals surface area contributed by atoms with Crippen molar-refractivity contribution in [2.24, 2.45) is 0 Å². The summed E-state index contributed by atoms with van der Waals surface area (Å²) in [7, 11) is -3.21. The number of hydrogen-bond donors (Lipinski definition) is 0. The van der Waals surface area contributed by atoms with Crippen LogP contribution in [0.3, 0.4) is 0 Å². The average molecular weight is 1430 g/mol. The molecular weight excluding hydrogens is 1330 g/mol. The molecule has 0 aliphatic carbocycles. The monoisotopic (exact) mass is 1430 g/mol. The van der Waals surface area contributed by atoms with Gasteiger partial charge in [-0.1, -0.05) is 347 Å². The van der Waals surface area contributed by atoms with Crippen LogP contribution in [0.4, 0.5) is 34.1 Å². The summed E-state index contributed by atoms with van der Waals surface area (Å²) in [6.07, 6.45) is 0. The molecule has 0 saturated carbocycles. The summed E-state index contributed by atoms with van der Waals surface area (Å²) in [5, 5.41) is 7.84. The quantitative estimate of drug-likeness (QED) is 0.0944. The van der Waals surface area contributed by atoms with E-state index in [9.17, 15) is 0 Å². The van der Waals surface area contributed by atoms with Gasteiger partial charge in [0.25, 0.3) is 6.71 Å². The minimum absolute atomic E-state index is 0.0623. The van der Waals surface area contributed by atoms with Crippen LogP contribution in [0.2, 0.25) is 0 Å². The van der Waals surface area contributed by atoms with Gasteiger partial charge in [-0.25, -0.2) is 0 Å². The lowest BCUT2D eigenvalue weighted by Gasteiger charge is -2.47. The van der Waals surface area contributed by atoms with Gasteiger partial charge in [0.2, 0.25) is 0 Å². The van der Waals surface area contributed by atoms with Crippen molar-refractivity contribution in [3.63, 3.8) is 0 Å². The summed E-state index contributed by atoms with van der Waals surface area (Å²) in [5.41, 5.74) is 29.1. The van der Waals surface area contributed by atoms with Crippen LogP contribution in [0.25, 0.3) is 72.0 Å². The maximum absolute atomic E-state index is 3.21. The standard InChI is InChI=1S/C104H98BN3Si/c1-100(2,3)73-51-57-91-87(59-73)88-60-74(101(4,5)6)52-58-92(88)106(91)78-53-55-89-93(67-78)107(98-83(69-37-23-16-24-38-69)61-75(102(7,8)9)62-84(98)70-39-25-17-26-40-70)95-65-77(104(13,14)15)66-96-97(95)105(89)90-56-54-82(109(79-45-31-20-32-46-79,80-47-33-21-34-48-80)81-49-35-22-36-50-81)68-94(90)108(96)99-85(71-41-27-18-28-42-71)63-76(103(10,11)12)64-86(99)72-43-29-19-30-44-72/h16-68H,1-15H3. The van der Waals surface area contributed by atoms with Crippen molar-refractivity contribution in [2.75, 3.05) is 9.80 Å². The number of nitrogens with zero attached hydrogens (tertiary/aromatic N) is 3. The Kier molecular flexibility index (Phi) is 17.2. The van der Waals surface area contributed by atoms with Crippen LogP contribution in [0, 0.1) is 0 Å². The predicted molar refractivity (Wildman–Crippen MR) is 474 cm³/mol. The fourth-order valence-electron chi connectivity index (χ4n) is 17.5. The van der Waals surface area contributed by atoms with E-state index < -0.39 is 8.07 Å². The van der Waals surface area contributed by atoms with E-state index in [4.69, 9.17) is 0 Å². The normalized spacial score (nSPS) is 13.2. The van der Waals surface area contributed by atoms with E-state index in [1.54, 1.807) is 0 Å². The first-order chi connectivity index (χ1) is 52.2. The average Bonchev–Trinajstić information content (AvgIpc) is 0.896. The Bertz CT molecular complexity index is 5680. The number of rotatable bonds is 11. The van der Waals surface area contributed by atoms with E-state index >= 15 is 0 Å². The summed E-state index contributed by atoms with van der Waals surface area (Å²) in [5.74, 6) is 0. The topological polar surface area (TPSA) is 11.4 Å². The lowest BCUT2D eigenvalue weighted by atomic mass is 9.33. The lowest BCUT2D eigenvalue weighted by Crippen LogP contribution is -2.75. The zero-order valence-electron chi connectivity index (χ0n) is 66.0. The summed E-state index contributed by atoms with van der Waals surface area (Å²) < 4.78 is 2.58. The van der Waals surface area contributed by atoms with Gasteiger partial charge in [0.1, 0.15) is 0 Å². The highest BCUT2D eigenvalue weighted by molar-refractivity contribution is 7.20. The van der Waals surface area contributed by atoms with E-state index in [0.717, 1.165) is 50.7 Å². The van der Waals surface area contributed by atoms with E-state index in [0.29, 0.717) is 0 Å². The first kappa shape index (κ1) is 70.7. The van der Waals surface area contributed by atoms with E-state index in [-0.39, 0.29) is 33.8 Å². The van der Waals surface area contributed by atoms with Gasteiger partial charge in [0.05, 0.1) is 22.4 Å². The lowest BCUT2D eigenvalue weighted by molar-refractivity contribution is 0.590. The van der Waals surface area contributed by atoms with Gasteiger partial charge in [-0.05, 0) is 193 Å². The molecule has 14 aromatic carbocycles. The Morgan fingerprint density at radius 1 is 0.248 bits per heavy atom. The van der Waals surface area contributed by atoms with Crippen LogP contribution in [0.15, 0.2) is 322 Å². The first-order valence-electron chi connectivity index (χ1n) is 39.2. The Morgan fingerprint density at radius 3 is 0.881 bits per heavy atom. The first-order valence-corrected chi connectivity index (χ1v) is 41.2. The fourth-order valence-corrected chi connectivity index (χ4v) is 22.3. The third-order valence-electron chi connectivity index (χ3n) is 23.5. The molecule has 0 amide bonds. The van der Waals surface area contributed by atoms with Crippen molar-refractivity contribution < 1.29 is 0 Å². The van der Waals surface area contributed by atoms with Crippen molar-refractivity contribution in [3.05, 3.63) is 349 Å². The summed E-state index contributed by atoms with van der Waals surface area (Å²) >= 11 is 0. The number of aromatic nitrogens is 1. The molecule has 536 valence electrons. The van der Waals surface area contributed by atoms with Crippen molar-refractivity contribution in [3.8, 4) is 50.2 Å². The second-order valence-corrected chi connectivity index (χ2v) is 39.6. The zero-order valence-corrected chi connectivity index (χ0v) is 67.0. The summed E-state index contributed by atoms with van der Waals surface area (Å²) in [6, 6.07) is 125. The molecule has 3 heterocycles. The second kappa shape index (κ2) is 26.6. The largest absolute Gasteiger partial charge is 0.310 e. The van der Waals surface area contributed by atoms with E-state index in [2.05, 4.69) is 440 Å². The minimum Gasteiger partial charge on any atom is -0.310 e. The minimum atomic E-state index is -3.21. The molecule has 0 unspecified atom stereocenters. The maximum atomic E-state index is 2.78. The van der Waals surface area contributed by atoms with Crippen molar-refractivity contribution in [2.45, 2.75) is 131 Å². The number of hydrogen-bond acceptors (Lipinski definition) is 2.